The fourth-order valence-electron chi connectivity index (χ4n) is 2.10. The number of ether oxygens (including phenoxy) is 1. The fraction of sp³-hybridized carbons (Fsp3) is 0.538. The third-order valence-electron chi connectivity index (χ3n) is 2.97. The molecule has 0 saturated carbocycles. The van der Waals surface area contributed by atoms with Gasteiger partial charge < -0.3 is 10.1 Å². The number of nitrogens with zero attached hydrogens (tertiary/aromatic N) is 1. The summed E-state index contributed by atoms with van der Waals surface area (Å²) in [5, 5.41) is 3.24. The lowest BCUT2D eigenvalue weighted by Gasteiger charge is -2.28. The summed E-state index contributed by atoms with van der Waals surface area (Å²) in [6.45, 7) is 3.45. The number of benzene rings is 1. The molecule has 1 aromatic carbocycles. The van der Waals surface area contributed by atoms with E-state index in [1.807, 2.05) is 11.9 Å². The van der Waals surface area contributed by atoms with Crippen LogP contribution in [0.4, 0.5) is 8.78 Å². The highest BCUT2D eigenvalue weighted by atomic mass is 19.1. The molecule has 1 unspecified atom stereocenters. The summed E-state index contributed by atoms with van der Waals surface area (Å²) in [5.41, 5.74) is 0.376. The molecular weight excluding hydrogens is 238 g/mol. The Balaban J connectivity index is 1.89. The van der Waals surface area contributed by atoms with Crippen molar-refractivity contribution >= 4 is 0 Å². The van der Waals surface area contributed by atoms with Gasteiger partial charge in [0.05, 0.1) is 12.7 Å². The van der Waals surface area contributed by atoms with Gasteiger partial charge in [-0.1, -0.05) is 0 Å². The molecule has 0 amide bonds. The third-order valence-corrected chi connectivity index (χ3v) is 2.97. The van der Waals surface area contributed by atoms with Crippen LogP contribution >= 0.6 is 0 Å². The first kappa shape index (κ1) is 13.4. The minimum atomic E-state index is -0.407. The topological polar surface area (TPSA) is 24.5 Å². The molecule has 1 fully saturated rings. The van der Waals surface area contributed by atoms with E-state index in [2.05, 4.69) is 5.32 Å². The van der Waals surface area contributed by atoms with E-state index in [1.165, 1.54) is 6.07 Å². The van der Waals surface area contributed by atoms with Gasteiger partial charge in [0.1, 0.15) is 11.6 Å². The number of rotatable bonds is 4. The van der Waals surface area contributed by atoms with Gasteiger partial charge in [-0.05, 0) is 25.2 Å². The lowest BCUT2D eigenvalue weighted by Crippen LogP contribution is -2.44. The summed E-state index contributed by atoms with van der Waals surface area (Å²) in [4.78, 5) is 1.94. The average molecular weight is 256 g/mol. The molecule has 1 aromatic rings. The van der Waals surface area contributed by atoms with Crippen LogP contribution in [0.15, 0.2) is 18.2 Å². The Morgan fingerprint density at radius 1 is 1.44 bits per heavy atom. The second kappa shape index (κ2) is 6.22. The van der Waals surface area contributed by atoms with Crippen molar-refractivity contribution in [2.75, 3.05) is 33.3 Å². The summed E-state index contributed by atoms with van der Waals surface area (Å²) < 4.78 is 32.1. The van der Waals surface area contributed by atoms with Gasteiger partial charge in [0.15, 0.2) is 0 Å². The molecule has 100 valence electrons. The van der Waals surface area contributed by atoms with E-state index in [1.54, 1.807) is 0 Å². The van der Waals surface area contributed by atoms with E-state index < -0.39 is 5.82 Å². The summed E-state index contributed by atoms with van der Waals surface area (Å²) in [5.74, 6) is -0.777. The SMILES string of the molecule is CN(Cc1cc(F)ccc1F)CC1CNCCO1. The predicted octanol–water partition coefficient (Wildman–Crippen LogP) is 1.39. The van der Waals surface area contributed by atoms with E-state index in [-0.39, 0.29) is 11.9 Å². The average Bonchev–Trinajstić information content (AvgIpc) is 2.35. The maximum absolute atomic E-state index is 13.5. The van der Waals surface area contributed by atoms with Gasteiger partial charge >= 0.3 is 0 Å². The highest BCUT2D eigenvalue weighted by Crippen LogP contribution is 2.12. The summed E-state index contributed by atoms with van der Waals surface area (Å²) in [6, 6.07) is 3.54. The number of nitrogens with one attached hydrogen (secondary N) is 1. The van der Waals surface area contributed by atoms with Crippen LogP contribution in [-0.2, 0) is 11.3 Å². The van der Waals surface area contributed by atoms with Crippen molar-refractivity contribution in [1.29, 1.82) is 0 Å². The van der Waals surface area contributed by atoms with Gasteiger partial charge in [-0.25, -0.2) is 8.78 Å². The van der Waals surface area contributed by atoms with E-state index in [9.17, 15) is 8.78 Å². The molecule has 0 aliphatic carbocycles. The quantitative estimate of drug-likeness (QED) is 0.881. The Hall–Kier alpha value is -1.04. The zero-order chi connectivity index (χ0) is 13.0. The largest absolute Gasteiger partial charge is 0.374 e. The Labute approximate surface area is 106 Å². The number of morpholine rings is 1. The van der Waals surface area contributed by atoms with Crippen LogP contribution in [0.2, 0.25) is 0 Å². The smallest absolute Gasteiger partial charge is 0.127 e. The molecule has 0 bridgehead atoms. The van der Waals surface area contributed by atoms with Crippen molar-refractivity contribution < 1.29 is 13.5 Å². The van der Waals surface area contributed by atoms with E-state index >= 15 is 0 Å². The molecule has 5 heteroatoms. The zero-order valence-electron chi connectivity index (χ0n) is 10.5. The van der Waals surface area contributed by atoms with Gasteiger partial charge in [0, 0.05) is 31.7 Å². The molecule has 1 N–H and O–H groups in total. The molecule has 1 aliphatic rings. The molecular formula is C13H18F2N2O. The first-order valence-corrected chi connectivity index (χ1v) is 6.10. The fourth-order valence-corrected chi connectivity index (χ4v) is 2.10. The number of hydrogen-bond donors (Lipinski definition) is 1. The predicted molar refractivity (Wildman–Crippen MR) is 65.3 cm³/mol. The molecule has 0 aromatic heterocycles. The molecule has 2 rings (SSSR count). The number of halogens is 2. The van der Waals surface area contributed by atoms with Crippen molar-refractivity contribution in [1.82, 2.24) is 10.2 Å². The van der Waals surface area contributed by atoms with Crippen molar-refractivity contribution in [3.8, 4) is 0 Å². The Morgan fingerprint density at radius 2 is 2.28 bits per heavy atom. The molecule has 18 heavy (non-hydrogen) atoms. The van der Waals surface area contributed by atoms with E-state index in [0.29, 0.717) is 25.3 Å². The molecule has 0 spiro atoms. The van der Waals surface area contributed by atoms with Gasteiger partial charge in [0.25, 0.3) is 0 Å². The van der Waals surface area contributed by atoms with Crippen LogP contribution in [-0.4, -0.2) is 44.3 Å². The lowest BCUT2D eigenvalue weighted by atomic mass is 10.2. The molecule has 1 aliphatic heterocycles. The van der Waals surface area contributed by atoms with Crippen molar-refractivity contribution in [3.05, 3.63) is 35.4 Å². The molecule has 1 heterocycles. The highest BCUT2D eigenvalue weighted by Gasteiger charge is 2.16. The Morgan fingerprint density at radius 3 is 3.00 bits per heavy atom. The van der Waals surface area contributed by atoms with Gasteiger partial charge in [-0.15, -0.1) is 0 Å². The highest BCUT2D eigenvalue weighted by molar-refractivity contribution is 5.18. The normalized spacial score (nSPS) is 20.3. The number of hydrogen-bond acceptors (Lipinski definition) is 3. The molecule has 1 atom stereocenters. The zero-order valence-corrected chi connectivity index (χ0v) is 10.5. The van der Waals surface area contributed by atoms with Crippen molar-refractivity contribution in [2.24, 2.45) is 0 Å². The maximum Gasteiger partial charge on any atom is 0.127 e. The number of likely N-dealkylation sites (N-methyl/N-ethyl adjacent to an activating group) is 1. The van der Waals surface area contributed by atoms with Crippen molar-refractivity contribution in [2.45, 2.75) is 12.6 Å². The Kier molecular flexibility index (Phi) is 4.63. The minimum absolute atomic E-state index is 0.111. The minimum Gasteiger partial charge on any atom is -0.374 e. The van der Waals surface area contributed by atoms with Crippen LogP contribution in [0.1, 0.15) is 5.56 Å². The van der Waals surface area contributed by atoms with Crippen LogP contribution in [0.3, 0.4) is 0 Å². The first-order chi connectivity index (χ1) is 8.65. The third kappa shape index (κ3) is 3.73. The van der Waals surface area contributed by atoms with E-state index in [4.69, 9.17) is 4.74 Å². The standard InChI is InChI=1S/C13H18F2N2O/c1-17(9-12-7-16-4-5-18-12)8-10-6-11(14)2-3-13(10)15/h2-3,6,12,16H,4-5,7-9H2,1H3. The van der Waals surface area contributed by atoms with Crippen LogP contribution in [0.25, 0.3) is 0 Å². The van der Waals surface area contributed by atoms with Crippen LogP contribution < -0.4 is 5.32 Å². The monoisotopic (exact) mass is 256 g/mol. The molecule has 1 saturated heterocycles. The van der Waals surface area contributed by atoms with E-state index in [0.717, 1.165) is 25.2 Å². The first-order valence-electron chi connectivity index (χ1n) is 6.10. The van der Waals surface area contributed by atoms with Gasteiger partial charge in [-0.2, -0.15) is 0 Å². The summed E-state index contributed by atoms with van der Waals surface area (Å²) in [7, 11) is 1.88. The maximum atomic E-state index is 13.5. The summed E-state index contributed by atoms with van der Waals surface area (Å²) in [6.07, 6.45) is 0.111. The molecule has 0 radical (unpaired) electrons. The van der Waals surface area contributed by atoms with Crippen LogP contribution in [0.5, 0.6) is 0 Å². The van der Waals surface area contributed by atoms with Gasteiger partial charge in [-0.3, -0.25) is 4.90 Å². The second-order valence-electron chi connectivity index (χ2n) is 4.63. The van der Waals surface area contributed by atoms with Crippen LogP contribution in [0, 0.1) is 11.6 Å². The Bertz CT molecular complexity index is 395. The molecule has 3 nitrogen and oxygen atoms in total. The summed E-state index contributed by atoms with van der Waals surface area (Å²) >= 11 is 0. The van der Waals surface area contributed by atoms with Crippen molar-refractivity contribution in [3.63, 3.8) is 0 Å². The van der Waals surface area contributed by atoms with Gasteiger partial charge in [0.2, 0.25) is 0 Å². The second-order valence-corrected chi connectivity index (χ2v) is 4.63. The lowest BCUT2D eigenvalue weighted by molar-refractivity contribution is 0.00869.